The second-order valence-electron chi connectivity index (χ2n) is 2.26. The van der Waals surface area contributed by atoms with Crippen molar-refractivity contribution in [2.24, 2.45) is 0 Å². The number of carbonyl (C=O) groups excluding carboxylic acids is 2. The van der Waals surface area contributed by atoms with Crippen LogP contribution < -0.4 is 5.32 Å². The number of urea groups is 1. The number of hydrogen-bond donors (Lipinski definition) is 3. The zero-order chi connectivity index (χ0) is 10.2. The van der Waals surface area contributed by atoms with Gasteiger partial charge >= 0.3 is 6.03 Å². The molecule has 0 aromatic carbocycles. The lowest BCUT2D eigenvalue weighted by Gasteiger charge is -2.10. The molecule has 3 amide bonds. The van der Waals surface area contributed by atoms with Crippen LogP contribution in [0, 0.1) is 0 Å². The fraction of sp³-hybridized carbons (Fsp3) is 0.500. The first-order chi connectivity index (χ1) is 5.88. The lowest BCUT2D eigenvalue weighted by Crippen LogP contribution is -2.29. The number of amides is 3. The largest absolute Gasteiger partial charge is 0.349 e. The summed E-state index contributed by atoms with van der Waals surface area (Å²) in [5, 5.41) is 2.33. The molecule has 1 fully saturated rings. The summed E-state index contributed by atoms with van der Waals surface area (Å²) in [6.45, 7) is -3.97. The van der Waals surface area contributed by atoms with Crippen LogP contribution >= 0.6 is 18.8 Å². The zero-order valence-corrected chi connectivity index (χ0v) is 8.29. The highest BCUT2D eigenvalue weighted by atomic mass is 32.7. The monoisotopic (exact) mass is 226 g/mol. The van der Waals surface area contributed by atoms with Gasteiger partial charge in [-0.3, -0.25) is 14.2 Å². The Morgan fingerprint density at radius 2 is 2.23 bits per heavy atom. The van der Waals surface area contributed by atoms with E-state index in [1.807, 2.05) is 5.32 Å². The maximum Gasteiger partial charge on any atom is 0.349 e. The van der Waals surface area contributed by atoms with Gasteiger partial charge in [-0.05, 0) is 0 Å². The Bertz CT molecular complexity index is 301. The molecular formula is C4H7N2O5PS. The van der Waals surface area contributed by atoms with Crippen LogP contribution in [0.4, 0.5) is 4.79 Å². The third-order valence-corrected chi connectivity index (χ3v) is 3.11. The molecule has 0 aliphatic carbocycles. The molecule has 1 aliphatic heterocycles. The molecule has 1 rings (SSSR count). The summed E-state index contributed by atoms with van der Waals surface area (Å²) in [5.74, 6) is -2.45. The predicted molar refractivity (Wildman–Crippen MR) is 45.0 cm³/mol. The first-order valence-electron chi connectivity index (χ1n) is 3.11. The number of hydroxylamine groups is 2. The molecule has 0 spiro atoms. The summed E-state index contributed by atoms with van der Waals surface area (Å²) in [6, 6.07) is -0.874. The van der Waals surface area contributed by atoms with Crippen molar-refractivity contribution in [3.8, 4) is 0 Å². The lowest BCUT2D eigenvalue weighted by atomic mass is 10.6. The fourth-order valence-corrected chi connectivity index (χ4v) is 1.99. The number of nitrogens with zero attached hydrogens (tertiary/aromatic N) is 1. The van der Waals surface area contributed by atoms with Gasteiger partial charge in [0.25, 0.3) is 12.5 Å². The summed E-state index contributed by atoms with van der Waals surface area (Å²) in [6.07, 6.45) is 0. The van der Waals surface area contributed by atoms with Crippen molar-refractivity contribution >= 4 is 30.8 Å². The molecule has 74 valence electrons. The highest BCUT2D eigenvalue weighted by Gasteiger charge is 2.47. The van der Waals surface area contributed by atoms with Crippen LogP contribution in [0.2, 0.25) is 0 Å². The smallest absolute Gasteiger partial charge is 0.335 e. The molecule has 0 aromatic rings. The zero-order valence-electron chi connectivity index (χ0n) is 6.50. The standard InChI is InChI=1S/C4H7N2O5PS/c1-11-6-3(7)2(5-4(6)8)12(9,10)13/h2H,1H3,(H,5,8)(H2,9,10,13). The lowest BCUT2D eigenvalue weighted by molar-refractivity contribution is -0.154. The van der Waals surface area contributed by atoms with Crippen LogP contribution in [0.5, 0.6) is 0 Å². The average molecular weight is 226 g/mol. The molecule has 0 radical (unpaired) electrons. The van der Waals surface area contributed by atoms with E-state index in [0.717, 1.165) is 7.11 Å². The van der Waals surface area contributed by atoms with Crippen LogP contribution in [-0.2, 0) is 14.2 Å². The number of hydrogen-bond acceptors (Lipinski definition) is 4. The highest BCUT2D eigenvalue weighted by Crippen LogP contribution is 2.51. The van der Waals surface area contributed by atoms with Gasteiger partial charge in [-0.25, -0.2) is 4.79 Å². The van der Waals surface area contributed by atoms with Gasteiger partial charge in [0.2, 0.25) is 0 Å². The normalized spacial score (nSPS) is 27.3. The second-order valence-corrected chi connectivity index (χ2v) is 5.67. The Labute approximate surface area is 78.6 Å². The van der Waals surface area contributed by atoms with Crippen LogP contribution in [0.3, 0.4) is 0 Å². The van der Waals surface area contributed by atoms with E-state index in [0.29, 0.717) is 5.06 Å². The number of carbonyl (C=O) groups is 2. The van der Waals surface area contributed by atoms with Gasteiger partial charge in [0.1, 0.15) is 0 Å². The summed E-state index contributed by atoms with van der Waals surface area (Å²) in [5.41, 5.74) is 0. The van der Waals surface area contributed by atoms with Crippen LogP contribution in [-0.4, -0.2) is 34.8 Å². The van der Waals surface area contributed by atoms with E-state index in [1.165, 1.54) is 0 Å². The van der Waals surface area contributed by atoms with Gasteiger partial charge in [0.05, 0.1) is 7.11 Å². The van der Waals surface area contributed by atoms with E-state index in [2.05, 4.69) is 17.1 Å². The minimum atomic E-state index is -3.97. The number of nitrogens with one attached hydrogen (secondary N) is 1. The topological polar surface area (TPSA) is 95.9 Å². The van der Waals surface area contributed by atoms with Crippen LogP contribution in [0.15, 0.2) is 0 Å². The molecule has 2 atom stereocenters. The van der Waals surface area contributed by atoms with Crippen molar-refractivity contribution in [3.05, 3.63) is 0 Å². The molecule has 9 heteroatoms. The summed E-state index contributed by atoms with van der Waals surface area (Å²) in [4.78, 5) is 35.3. The molecule has 1 saturated heterocycles. The Balaban J connectivity index is 2.92. The third-order valence-electron chi connectivity index (χ3n) is 1.40. The van der Waals surface area contributed by atoms with Gasteiger partial charge < -0.3 is 10.2 Å². The van der Waals surface area contributed by atoms with Gasteiger partial charge in [-0.15, -0.1) is 5.06 Å². The summed E-state index contributed by atoms with van der Waals surface area (Å²) >= 11 is 3.32. The van der Waals surface area contributed by atoms with Crippen molar-refractivity contribution in [3.63, 3.8) is 0 Å². The van der Waals surface area contributed by atoms with E-state index in [9.17, 15) is 14.2 Å². The van der Waals surface area contributed by atoms with Gasteiger partial charge in [0.15, 0.2) is 5.78 Å². The van der Waals surface area contributed by atoms with Gasteiger partial charge in [-0.1, -0.05) is 12.2 Å². The first kappa shape index (κ1) is 10.5. The third kappa shape index (κ3) is 1.86. The Hall–Kier alpha value is -0.560. The van der Waals surface area contributed by atoms with E-state index in [4.69, 9.17) is 4.89 Å². The van der Waals surface area contributed by atoms with Crippen molar-refractivity contribution in [1.29, 1.82) is 0 Å². The van der Waals surface area contributed by atoms with Crippen molar-refractivity contribution in [2.45, 2.75) is 5.78 Å². The summed E-state index contributed by atoms with van der Waals surface area (Å²) in [7, 11) is 1.10. The molecule has 1 aliphatic rings. The van der Waals surface area contributed by atoms with Crippen molar-refractivity contribution in [2.75, 3.05) is 7.11 Å². The van der Waals surface area contributed by atoms with E-state index in [-0.39, 0.29) is 0 Å². The Kier molecular flexibility index (Phi) is 2.67. The van der Waals surface area contributed by atoms with Crippen molar-refractivity contribution < 1.29 is 23.9 Å². The molecular weight excluding hydrogens is 219 g/mol. The fourth-order valence-electron chi connectivity index (χ4n) is 0.849. The molecule has 0 aromatic heterocycles. The predicted octanol–water partition coefficient (Wildman–Crippen LogP) is -0.459. The SMILES string of the molecule is CON1C(=O)NC(P(=O)(O)S)C1=O. The Morgan fingerprint density at radius 3 is 2.46 bits per heavy atom. The molecule has 2 unspecified atom stereocenters. The van der Waals surface area contributed by atoms with E-state index < -0.39 is 24.3 Å². The average Bonchev–Trinajstić information content (AvgIpc) is 2.25. The van der Waals surface area contributed by atoms with Crippen molar-refractivity contribution in [1.82, 2.24) is 10.4 Å². The molecule has 2 N–H and O–H groups in total. The van der Waals surface area contributed by atoms with E-state index in [1.54, 1.807) is 0 Å². The highest BCUT2D eigenvalue weighted by molar-refractivity contribution is 8.46. The number of imide groups is 1. The number of thiol groups is 1. The van der Waals surface area contributed by atoms with Crippen LogP contribution in [0.1, 0.15) is 0 Å². The van der Waals surface area contributed by atoms with E-state index >= 15 is 0 Å². The maximum atomic E-state index is 11.1. The van der Waals surface area contributed by atoms with Gasteiger partial charge in [-0.2, -0.15) is 0 Å². The molecule has 1 heterocycles. The number of rotatable bonds is 2. The summed E-state index contributed by atoms with van der Waals surface area (Å²) < 4.78 is 10.9. The van der Waals surface area contributed by atoms with Gasteiger partial charge in [0, 0.05) is 0 Å². The minimum absolute atomic E-state index is 0.365. The molecule has 7 nitrogen and oxygen atoms in total. The molecule has 0 bridgehead atoms. The maximum absolute atomic E-state index is 11.1. The first-order valence-corrected chi connectivity index (χ1v) is 6.00. The Morgan fingerprint density at radius 1 is 1.69 bits per heavy atom. The second kappa shape index (κ2) is 3.30. The molecule has 13 heavy (non-hydrogen) atoms. The minimum Gasteiger partial charge on any atom is -0.335 e. The quantitative estimate of drug-likeness (QED) is 0.336. The van der Waals surface area contributed by atoms with Crippen LogP contribution in [0.25, 0.3) is 0 Å². The molecule has 0 saturated carbocycles.